The third-order valence-corrected chi connectivity index (χ3v) is 3.50. The van der Waals surface area contributed by atoms with E-state index in [0.717, 1.165) is 26.2 Å². The van der Waals surface area contributed by atoms with Gasteiger partial charge in [0, 0.05) is 0 Å². The third-order valence-electron chi connectivity index (χ3n) is 3.50. The molecular weight excluding hydrogens is 224 g/mol. The number of rotatable bonds is 5. The molecular formula is C14H24N4+2. The molecule has 0 atom stereocenters. The number of hydrogen-bond donors (Lipinski definition) is 0. The average Bonchev–Trinajstić information content (AvgIpc) is 3.00. The molecule has 4 nitrogen and oxygen atoms in total. The maximum absolute atomic E-state index is 2.32. The molecule has 0 amide bonds. The van der Waals surface area contributed by atoms with Crippen molar-refractivity contribution in [3.05, 3.63) is 24.8 Å². The average molecular weight is 248 g/mol. The summed E-state index contributed by atoms with van der Waals surface area (Å²) in [6.45, 7) is 12.8. The van der Waals surface area contributed by atoms with Gasteiger partial charge in [0.15, 0.2) is 0 Å². The molecule has 0 aliphatic rings. The van der Waals surface area contributed by atoms with Gasteiger partial charge in [-0.1, -0.05) is 0 Å². The smallest absolute Gasteiger partial charge is 0.224 e. The van der Waals surface area contributed by atoms with E-state index in [2.05, 4.69) is 70.8 Å². The van der Waals surface area contributed by atoms with Crippen molar-refractivity contribution < 1.29 is 9.13 Å². The Morgan fingerprint density at radius 2 is 1.17 bits per heavy atom. The Bertz CT molecular complexity index is 431. The second-order valence-electron chi connectivity index (χ2n) is 4.39. The molecule has 0 unspecified atom stereocenters. The first kappa shape index (κ1) is 12.9. The van der Waals surface area contributed by atoms with E-state index in [-0.39, 0.29) is 0 Å². The van der Waals surface area contributed by atoms with Gasteiger partial charge in [-0.25, -0.2) is 18.3 Å². The highest BCUT2D eigenvalue weighted by molar-refractivity contribution is 5.36. The fourth-order valence-electron chi connectivity index (χ4n) is 2.47. The SMILES string of the molecule is CCn1cc[n+](CC)c1-c1n(CC)cc[n+]1CC. The van der Waals surface area contributed by atoms with Gasteiger partial charge in [-0.3, -0.25) is 0 Å². The molecule has 0 radical (unpaired) electrons. The van der Waals surface area contributed by atoms with Gasteiger partial charge in [0.05, 0.1) is 26.2 Å². The minimum Gasteiger partial charge on any atom is -0.224 e. The number of aromatic nitrogens is 4. The monoisotopic (exact) mass is 248 g/mol. The van der Waals surface area contributed by atoms with Gasteiger partial charge in [-0.2, -0.15) is 0 Å². The first-order valence-corrected chi connectivity index (χ1v) is 6.94. The normalized spacial score (nSPS) is 11.1. The van der Waals surface area contributed by atoms with Gasteiger partial charge in [-0.05, 0) is 27.7 Å². The highest BCUT2D eigenvalue weighted by atomic mass is 15.2. The van der Waals surface area contributed by atoms with Gasteiger partial charge in [-0.15, -0.1) is 0 Å². The third kappa shape index (κ3) is 1.96. The van der Waals surface area contributed by atoms with Crippen LogP contribution >= 0.6 is 0 Å². The topological polar surface area (TPSA) is 17.6 Å². The zero-order chi connectivity index (χ0) is 13.1. The molecule has 2 heterocycles. The van der Waals surface area contributed by atoms with Crippen molar-refractivity contribution in [1.82, 2.24) is 9.13 Å². The van der Waals surface area contributed by atoms with E-state index in [9.17, 15) is 0 Å². The number of aryl methyl sites for hydroxylation is 4. The predicted octanol–water partition coefficient (Wildman–Crippen LogP) is 1.61. The van der Waals surface area contributed by atoms with Crippen LogP contribution in [-0.4, -0.2) is 9.13 Å². The molecule has 0 spiro atoms. The molecule has 4 heteroatoms. The molecule has 0 fully saturated rings. The summed E-state index contributed by atoms with van der Waals surface area (Å²) >= 11 is 0. The molecule has 18 heavy (non-hydrogen) atoms. The first-order chi connectivity index (χ1) is 8.76. The minimum absolute atomic E-state index is 1.00. The second-order valence-corrected chi connectivity index (χ2v) is 4.39. The molecule has 2 aromatic heterocycles. The number of imidazole rings is 2. The van der Waals surface area contributed by atoms with E-state index < -0.39 is 0 Å². The van der Waals surface area contributed by atoms with E-state index in [1.807, 2.05) is 0 Å². The Hall–Kier alpha value is -1.58. The van der Waals surface area contributed by atoms with Crippen LogP contribution in [0.3, 0.4) is 0 Å². The molecule has 98 valence electrons. The Kier molecular flexibility index (Phi) is 3.84. The van der Waals surface area contributed by atoms with E-state index in [0.29, 0.717) is 0 Å². The van der Waals surface area contributed by atoms with Crippen LogP contribution in [0.5, 0.6) is 0 Å². The molecule has 0 aromatic carbocycles. The molecule has 2 aromatic rings. The molecule has 0 bridgehead atoms. The summed E-state index contributed by atoms with van der Waals surface area (Å²) in [5.41, 5.74) is 0. The lowest BCUT2D eigenvalue weighted by molar-refractivity contribution is -0.711. The number of nitrogens with zero attached hydrogens (tertiary/aromatic N) is 4. The summed E-state index contributed by atoms with van der Waals surface area (Å²) in [7, 11) is 0. The molecule has 0 aliphatic carbocycles. The van der Waals surface area contributed by atoms with Gasteiger partial charge in [0.2, 0.25) is 0 Å². The van der Waals surface area contributed by atoms with Crippen molar-refractivity contribution in [2.45, 2.75) is 53.9 Å². The Morgan fingerprint density at radius 3 is 1.44 bits per heavy atom. The van der Waals surface area contributed by atoms with Crippen molar-refractivity contribution in [1.29, 1.82) is 0 Å². The molecule has 0 N–H and O–H groups in total. The number of hydrogen-bond acceptors (Lipinski definition) is 0. The van der Waals surface area contributed by atoms with Crippen LogP contribution in [0, 0.1) is 0 Å². The van der Waals surface area contributed by atoms with Crippen molar-refractivity contribution in [2.24, 2.45) is 0 Å². The van der Waals surface area contributed by atoms with E-state index in [4.69, 9.17) is 0 Å². The van der Waals surface area contributed by atoms with Crippen molar-refractivity contribution in [3.8, 4) is 11.6 Å². The van der Waals surface area contributed by atoms with Gasteiger partial charge >= 0.3 is 11.6 Å². The van der Waals surface area contributed by atoms with Crippen LogP contribution < -0.4 is 9.13 Å². The Morgan fingerprint density at radius 1 is 0.778 bits per heavy atom. The molecule has 0 saturated heterocycles. The summed E-state index contributed by atoms with van der Waals surface area (Å²) in [5, 5.41) is 0. The first-order valence-electron chi connectivity index (χ1n) is 6.94. The Balaban J connectivity index is 2.66. The summed E-state index contributed by atoms with van der Waals surface area (Å²) in [6.07, 6.45) is 8.69. The molecule has 0 aliphatic heterocycles. The predicted molar refractivity (Wildman–Crippen MR) is 70.9 cm³/mol. The van der Waals surface area contributed by atoms with E-state index >= 15 is 0 Å². The lowest BCUT2D eigenvalue weighted by atomic mass is 10.4. The second kappa shape index (κ2) is 5.38. The molecule has 2 rings (SSSR count). The molecule has 0 saturated carbocycles. The standard InChI is InChI=1S/C14H24N4/c1-5-15-9-10-16(6-2)13(15)14-17(7-3)11-12-18(14)8-4/h9-12H,5-8H2,1-4H3/q+2. The summed E-state index contributed by atoms with van der Waals surface area (Å²) in [6, 6.07) is 0. The maximum atomic E-state index is 2.32. The lowest BCUT2D eigenvalue weighted by Gasteiger charge is -2.02. The fourth-order valence-corrected chi connectivity index (χ4v) is 2.47. The largest absolute Gasteiger partial charge is 0.373 e. The van der Waals surface area contributed by atoms with E-state index in [1.165, 1.54) is 11.6 Å². The summed E-state index contributed by atoms with van der Waals surface area (Å²) < 4.78 is 9.27. The summed E-state index contributed by atoms with van der Waals surface area (Å²) in [5.74, 6) is 2.60. The minimum atomic E-state index is 1.00. The van der Waals surface area contributed by atoms with Crippen LogP contribution in [0.15, 0.2) is 24.8 Å². The maximum Gasteiger partial charge on any atom is 0.373 e. The fraction of sp³-hybridized carbons (Fsp3) is 0.571. The lowest BCUT2D eigenvalue weighted by Crippen LogP contribution is -2.41. The highest BCUT2D eigenvalue weighted by Gasteiger charge is 2.30. The van der Waals surface area contributed by atoms with Crippen LogP contribution in [0.25, 0.3) is 11.6 Å². The zero-order valence-electron chi connectivity index (χ0n) is 11.9. The van der Waals surface area contributed by atoms with Crippen LogP contribution in [0.2, 0.25) is 0 Å². The van der Waals surface area contributed by atoms with Gasteiger partial charge < -0.3 is 0 Å². The van der Waals surface area contributed by atoms with Gasteiger partial charge in [0.25, 0.3) is 0 Å². The zero-order valence-corrected chi connectivity index (χ0v) is 11.9. The highest BCUT2D eigenvalue weighted by Crippen LogP contribution is 2.13. The summed E-state index contributed by atoms with van der Waals surface area (Å²) in [4.78, 5) is 0. The van der Waals surface area contributed by atoms with Crippen molar-refractivity contribution >= 4 is 0 Å². The van der Waals surface area contributed by atoms with Crippen LogP contribution in [-0.2, 0) is 26.2 Å². The van der Waals surface area contributed by atoms with Crippen molar-refractivity contribution in [2.75, 3.05) is 0 Å². The van der Waals surface area contributed by atoms with Crippen LogP contribution in [0.4, 0.5) is 0 Å². The van der Waals surface area contributed by atoms with Gasteiger partial charge in [0.1, 0.15) is 24.8 Å². The van der Waals surface area contributed by atoms with Crippen LogP contribution in [0.1, 0.15) is 27.7 Å². The Labute approximate surface area is 109 Å². The van der Waals surface area contributed by atoms with E-state index in [1.54, 1.807) is 0 Å². The quantitative estimate of drug-likeness (QED) is 0.716. The van der Waals surface area contributed by atoms with Crippen molar-refractivity contribution in [3.63, 3.8) is 0 Å².